The van der Waals surface area contributed by atoms with E-state index in [1.807, 2.05) is 0 Å². The number of benzene rings is 1. The number of nitro benzene ring substituents is 1. The molecule has 2 atom stereocenters. The molecular formula is C13H14BrClN2O3. The fraction of sp³-hybridized carbons (Fsp3) is 0.462. The van der Waals surface area contributed by atoms with Gasteiger partial charge in [0.1, 0.15) is 0 Å². The van der Waals surface area contributed by atoms with E-state index < -0.39 is 4.92 Å². The number of nitro groups is 1. The Balaban J connectivity index is 2.00. The Morgan fingerprint density at radius 2 is 2.20 bits per heavy atom. The molecule has 1 N–H and O–H groups in total. The Morgan fingerprint density at radius 1 is 1.45 bits per heavy atom. The summed E-state index contributed by atoms with van der Waals surface area (Å²) in [6.07, 6.45) is 3.23. The molecule has 1 amide bonds. The molecule has 1 aromatic rings. The van der Waals surface area contributed by atoms with Crippen molar-refractivity contribution in [2.75, 3.05) is 6.54 Å². The Labute approximate surface area is 130 Å². The molecular weight excluding hydrogens is 348 g/mol. The van der Waals surface area contributed by atoms with E-state index in [1.165, 1.54) is 18.2 Å². The Kier molecular flexibility index (Phi) is 4.99. The molecule has 2 rings (SSSR count). The number of rotatable bonds is 4. The number of halogens is 2. The summed E-state index contributed by atoms with van der Waals surface area (Å²) in [7, 11) is 0. The van der Waals surface area contributed by atoms with Crippen molar-refractivity contribution in [1.82, 2.24) is 5.32 Å². The first kappa shape index (κ1) is 15.3. The van der Waals surface area contributed by atoms with Gasteiger partial charge in [-0.25, -0.2) is 0 Å². The third kappa shape index (κ3) is 3.93. The van der Waals surface area contributed by atoms with Crippen molar-refractivity contribution in [1.29, 1.82) is 0 Å². The molecule has 0 bridgehead atoms. The maximum Gasteiger partial charge on any atom is 0.271 e. The van der Waals surface area contributed by atoms with Gasteiger partial charge >= 0.3 is 0 Å². The van der Waals surface area contributed by atoms with Crippen LogP contribution in [0.5, 0.6) is 0 Å². The number of amides is 1. The van der Waals surface area contributed by atoms with Crippen LogP contribution in [-0.2, 0) is 0 Å². The van der Waals surface area contributed by atoms with E-state index in [0.29, 0.717) is 17.3 Å². The van der Waals surface area contributed by atoms with E-state index in [4.69, 9.17) is 11.6 Å². The van der Waals surface area contributed by atoms with Crippen molar-refractivity contribution in [3.05, 3.63) is 38.9 Å². The third-order valence-electron chi connectivity index (χ3n) is 3.38. The van der Waals surface area contributed by atoms with Crippen LogP contribution >= 0.6 is 27.5 Å². The molecule has 0 heterocycles. The molecule has 0 saturated heterocycles. The predicted molar refractivity (Wildman–Crippen MR) is 80.5 cm³/mol. The Morgan fingerprint density at radius 3 is 2.80 bits per heavy atom. The first-order valence-corrected chi connectivity index (χ1v) is 7.62. The molecule has 2 unspecified atom stereocenters. The van der Waals surface area contributed by atoms with Crippen molar-refractivity contribution in [2.24, 2.45) is 5.92 Å². The predicted octanol–water partition coefficient (Wildman–Crippen LogP) is 3.54. The number of non-ortho nitro benzene ring substituents is 1. The molecule has 7 heteroatoms. The standard InChI is InChI=1S/C13H14BrClN2O3/c14-10-2-1-8(3-10)7-16-13(18)9-4-11(15)6-12(5-9)17(19)20/h4-6,8,10H,1-3,7H2,(H,16,18). The fourth-order valence-electron chi connectivity index (χ4n) is 2.35. The second kappa shape index (κ2) is 6.54. The fourth-order valence-corrected chi connectivity index (χ4v) is 3.37. The largest absolute Gasteiger partial charge is 0.352 e. The monoisotopic (exact) mass is 360 g/mol. The van der Waals surface area contributed by atoms with Gasteiger partial charge in [0, 0.05) is 34.1 Å². The molecule has 1 fully saturated rings. The van der Waals surface area contributed by atoms with Gasteiger partial charge in [0.15, 0.2) is 0 Å². The lowest BCUT2D eigenvalue weighted by molar-refractivity contribution is -0.384. The molecule has 20 heavy (non-hydrogen) atoms. The van der Waals surface area contributed by atoms with Crippen molar-refractivity contribution in [3.63, 3.8) is 0 Å². The first-order valence-electron chi connectivity index (χ1n) is 6.33. The number of alkyl halides is 1. The van der Waals surface area contributed by atoms with Gasteiger partial charge in [0.2, 0.25) is 0 Å². The van der Waals surface area contributed by atoms with Gasteiger partial charge < -0.3 is 5.32 Å². The number of nitrogens with one attached hydrogen (secondary N) is 1. The van der Waals surface area contributed by atoms with E-state index in [1.54, 1.807) is 0 Å². The number of carbonyl (C=O) groups is 1. The molecule has 0 aromatic heterocycles. The zero-order chi connectivity index (χ0) is 14.7. The average molecular weight is 362 g/mol. The van der Waals surface area contributed by atoms with E-state index in [9.17, 15) is 14.9 Å². The molecule has 0 spiro atoms. The molecule has 1 saturated carbocycles. The summed E-state index contributed by atoms with van der Waals surface area (Å²) < 4.78 is 0. The van der Waals surface area contributed by atoms with Gasteiger partial charge in [-0.15, -0.1) is 0 Å². The van der Waals surface area contributed by atoms with Crippen LogP contribution in [0.25, 0.3) is 0 Å². The highest BCUT2D eigenvalue weighted by Gasteiger charge is 2.23. The highest BCUT2D eigenvalue weighted by atomic mass is 79.9. The van der Waals surface area contributed by atoms with Gasteiger partial charge in [-0.2, -0.15) is 0 Å². The zero-order valence-corrected chi connectivity index (χ0v) is 13.0. The lowest BCUT2D eigenvalue weighted by Crippen LogP contribution is -2.28. The molecule has 5 nitrogen and oxygen atoms in total. The smallest absolute Gasteiger partial charge is 0.271 e. The molecule has 0 radical (unpaired) electrons. The maximum atomic E-state index is 12.0. The van der Waals surface area contributed by atoms with Crippen LogP contribution in [0.1, 0.15) is 29.6 Å². The molecule has 1 aromatic carbocycles. The highest BCUT2D eigenvalue weighted by molar-refractivity contribution is 9.09. The Hall–Kier alpha value is -1.14. The van der Waals surface area contributed by atoms with E-state index >= 15 is 0 Å². The molecule has 1 aliphatic carbocycles. The zero-order valence-electron chi connectivity index (χ0n) is 10.6. The van der Waals surface area contributed by atoms with Crippen molar-refractivity contribution in [2.45, 2.75) is 24.1 Å². The van der Waals surface area contributed by atoms with Gasteiger partial charge in [-0.05, 0) is 31.2 Å². The summed E-state index contributed by atoms with van der Waals surface area (Å²) in [6, 6.07) is 3.90. The minimum Gasteiger partial charge on any atom is -0.352 e. The van der Waals surface area contributed by atoms with Gasteiger partial charge in [0.25, 0.3) is 11.6 Å². The van der Waals surface area contributed by atoms with E-state index in [0.717, 1.165) is 19.3 Å². The average Bonchev–Trinajstić information content (AvgIpc) is 2.81. The van der Waals surface area contributed by atoms with Gasteiger partial charge in [-0.1, -0.05) is 27.5 Å². The lowest BCUT2D eigenvalue weighted by Gasteiger charge is -2.11. The van der Waals surface area contributed by atoms with Crippen LogP contribution < -0.4 is 5.32 Å². The topological polar surface area (TPSA) is 72.2 Å². The lowest BCUT2D eigenvalue weighted by atomic mass is 10.1. The number of hydrogen-bond acceptors (Lipinski definition) is 3. The van der Waals surface area contributed by atoms with Crippen LogP contribution in [0.4, 0.5) is 5.69 Å². The van der Waals surface area contributed by atoms with Crippen LogP contribution in [0.2, 0.25) is 5.02 Å². The van der Waals surface area contributed by atoms with Crippen LogP contribution in [0.3, 0.4) is 0 Å². The summed E-state index contributed by atoms with van der Waals surface area (Å²) in [4.78, 5) is 22.7. The minimum atomic E-state index is -0.560. The number of carbonyl (C=O) groups excluding carboxylic acids is 1. The van der Waals surface area contributed by atoms with Gasteiger partial charge in [-0.3, -0.25) is 14.9 Å². The summed E-state index contributed by atoms with van der Waals surface area (Å²) in [5.41, 5.74) is 0.0432. The number of nitrogens with zero attached hydrogens (tertiary/aromatic N) is 1. The second-order valence-corrected chi connectivity index (χ2v) is 6.67. The Bertz CT molecular complexity index is 538. The maximum absolute atomic E-state index is 12.0. The first-order chi connectivity index (χ1) is 9.45. The third-order valence-corrected chi connectivity index (χ3v) is 4.43. The summed E-state index contributed by atoms with van der Waals surface area (Å²) in [5, 5.41) is 13.7. The van der Waals surface area contributed by atoms with Crippen LogP contribution in [0.15, 0.2) is 18.2 Å². The van der Waals surface area contributed by atoms with E-state index in [-0.39, 0.29) is 22.2 Å². The number of hydrogen-bond donors (Lipinski definition) is 1. The summed E-state index contributed by atoms with van der Waals surface area (Å²) in [5.74, 6) is 0.131. The van der Waals surface area contributed by atoms with Crippen molar-refractivity contribution >= 4 is 39.1 Å². The van der Waals surface area contributed by atoms with Gasteiger partial charge in [0.05, 0.1) is 4.92 Å². The minimum absolute atomic E-state index is 0.177. The van der Waals surface area contributed by atoms with Crippen molar-refractivity contribution in [3.8, 4) is 0 Å². The molecule has 108 valence electrons. The highest BCUT2D eigenvalue weighted by Crippen LogP contribution is 2.30. The summed E-state index contributed by atoms with van der Waals surface area (Å²) >= 11 is 9.35. The van der Waals surface area contributed by atoms with Crippen LogP contribution in [-0.4, -0.2) is 22.2 Å². The van der Waals surface area contributed by atoms with Crippen molar-refractivity contribution < 1.29 is 9.72 Å². The molecule has 0 aliphatic heterocycles. The molecule has 1 aliphatic rings. The van der Waals surface area contributed by atoms with E-state index in [2.05, 4.69) is 21.2 Å². The SMILES string of the molecule is O=C(NCC1CCC(Br)C1)c1cc(Cl)cc([N+](=O)[O-])c1. The second-order valence-electron chi connectivity index (χ2n) is 4.94. The normalized spacial score (nSPS) is 21.7. The van der Waals surface area contributed by atoms with Crippen LogP contribution in [0, 0.1) is 16.0 Å². The quantitative estimate of drug-likeness (QED) is 0.506. The summed E-state index contributed by atoms with van der Waals surface area (Å²) in [6.45, 7) is 0.585.